The molecule has 2 amide bonds. The van der Waals surface area contributed by atoms with Crippen LogP contribution in [0.25, 0.3) is 0 Å². The summed E-state index contributed by atoms with van der Waals surface area (Å²) in [4.78, 5) is 27.5. The van der Waals surface area contributed by atoms with Crippen LogP contribution >= 0.6 is 0 Å². The molecule has 0 bridgehead atoms. The third-order valence-corrected chi connectivity index (χ3v) is 5.52. The normalized spacial score (nSPS) is 17.4. The predicted octanol–water partition coefficient (Wildman–Crippen LogP) is 3.80. The van der Waals surface area contributed by atoms with E-state index < -0.39 is 0 Å². The maximum absolute atomic E-state index is 12.9. The summed E-state index contributed by atoms with van der Waals surface area (Å²) >= 11 is 0. The SMILES string of the molecule is CCOc1ccc(C(=O)Nc2ccc3c(c2)N(C(=O)C2CCCO2)CC3)cc1OCC. The number of amides is 2. The van der Waals surface area contributed by atoms with Gasteiger partial charge in [0, 0.05) is 30.1 Å². The molecule has 1 fully saturated rings. The Kier molecular flexibility index (Phi) is 6.42. The minimum atomic E-state index is -0.356. The topological polar surface area (TPSA) is 77.1 Å². The molecule has 2 aliphatic heterocycles. The molecule has 0 spiro atoms. The van der Waals surface area contributed by atoms with Crippen LogP contribution < -0.4 is 19.7 Å². The zero-order valence-corrected chi connectivity index (χ0v) is 18.0. The van der Waals surface area contributed by atoms with E-state index in [-0.39, 0.29) is 17.9 Å². The largest absolute Gasteiger partial charge is 0.490 e. The number of nitrogens with zero attached hydrogens (tertiary/aromatic N) is 1. The van der Waals surface area contributed by atoms with Crippen molar-refractivity contribution in [2.75, 3.05) is 36.6 Å². The van der Waals surface area contributed by atoms with Crippen molar-refractivity contribution < 1.29 is 23.8 Å². The number of rotatable bonds is 7. The zero-order valence-electron chi connectivity index (χ0n) is 18.0. The fourth-order valence-electron chi connectivity index (χ4n) is 4.03. The summed E-state index contributed by atoms with van der Waals surface area (Å²) in [5.74, 6) is 0.910. The number of carbonyl (C=O) groups is 2. The highest BCUT2D eigenvalue weighted by atomic mass is 16.5. The number of nitrogens with one attached hydrogen (secondary N) is 1. The minimum Gasteiger partial charge on any atom is -0.490 e. The van der Waals surface area contributed by atoms with Crippen molar-refractivity contribution >= 4 is 23.2 Å². The molecule has 7 heteroatoms. The first-order chi connectivity index (χ1) is 15.1. The monoisotopic (exact) mass is 424 g/mol. The maximum atomic E-state index is 12.9. The average molecular weight is 424 g/mol. The second kappa shape index (κ2) is 9.39. The number of hydrogen-bond donors (Lipinski definition) is 1. The molecule has 2 aromatic rings. The Morgan fingerprint density at radius 2 is 1.90 bits per heavy atom. The number of carbonyl (C=O) groups excluding carboxylic acids is 2. The molecule has 1 N–H and O–H groups in total. The van der Waals surface area contributed by atoms with Gasteiger partial charge in [0.25, 0.3) is 11.8 Å². The number of benzene rings is 2. The van der Waals surface area contributed by atoms with Crippen LogP contribution in [0.3, 0.4) is 0 Å². The van der Waals surface area contributed by atoms with E-state index in [0.717, 1.165) is 30.5 Å². The van der Waals surface area contributed by atoms with E-state index >= 15 is 0 Å². The third-order valence-electron chi connectivity index (χ3n) is 5.52. The van der Waals surface area contributed by atoms with E-state index in [4.69, 9.17) is 14.2 Å². The van der Waals surface area contributed by atoms with Gasteiger partial charge in [0.05, 0.1) is 13.2 Å². The van der Waals surface area contributed by atoms with E-state index in [9.17, 15) is 9.59 Å². The first-order valence-electron chi connectivity index (χ1n) is 10.9. The standard InChI is InChI=1S/C24H28N2O5/c1-3-29-20-10-8-17(14-22(20)30-4-2)23(27)25-18-9-7-16-11-12-26(19(16)15-18)24(28)21-6-5-13-31-21/h7-10,14-15,21H,3-6,11-13H2,1-2H3,(H,25,27). The molecule has 2 aliphatic rings. The summed E-state index contributed by atoms with van der Waals surface area (Å²) in [6, 6.07) is 10.8. The molecule has 2 aromatic carbocycles. The van der Waals surface area contributed by atoms with E-state index in [1.54, 1.807) is 23.1 Å². The van der Waals surface area contributed by atoms with E-state index in [0.29, 0.717) is 49.1 Å². The number of anilines is 2. The van der Waals surface area contributed by atoms with Gasteiger partial charge in [-0.15, -0.1) is 0 Å². The van der Waals surface area contributed by atoms with Crippen molar-refractivity contribution in [3.8, 4) is 11.5 Å². The Morgan fingerprint density at radius 1 is 1.10 bits per heavy atom. The van der Waals surface area contributed by atoms with Gasteiger partial charge in [-0.2, -0.15) is 0 Å². The number of hydrogen-bond acceptors (Lipinski definition) is 5. The van der Waals surface area contributed by atoms with Gasteiger partial charge < -0.3 is 24.4 Å². The molecular formula is C24H28N2O5. The molecule has 1 saturated heterocycles. The first-order valence-corrected chi connectivity index (χ1v) is 10.9. The van der Waals surface area contributed by atoms with Crippen LogP contribution in [0.4, 0.5) is 11.4 Å². The van der Waals surface area contributed by atoms with E-state index in [1.165, 1.54) is 0 Å². The smallest absolute Gasteiger partial charge is 0.256 e. The molecule has 0 aliphatic carbocycles. The van der Waals surface area contributed by atoms with Crippen molar-refractivity contribution in [3.63, 3.8) is 0 Å². The van der Waals surface area contributed by atoms with Crippen molar-refractivity contribution in [3.05, 3.63) is 47.5 Å². The lowest BCUT2D eigenvalue weighted by Gasteiger charge is -2.21. The van der Waals surface area contributed by atoms with Gasteiger partial charge >= 0.3 is 0 Å². The van der Waals surface area contributed by atoms with Gasteiger partial charge in [-0.3, -0.25) is 9.59 Å². The third kappa shape index (κ3) is 4.51. The van der Waals surface area contributed by atoms with Crippen molar-refractivity contribution in [1.82, 2.24) is 0 Å². The summed E-state index contributed by atoms with van der Waals surface area (Å²) < 4.78 is 16.8. The molecule has 4 rings (SSSR count). The van der Waals surface area contributed by atoms with Crippen LogP contribution in [0.5, 0.6) is 11.5 Å². The predicted molar refractivity (Wildman–Crippen MR) is 118 cm³/mol. The van der Waals surface area contributed by atoms with Crippen molar-refractivity contribution in [1.29, 1.82) is 0 Å². The van der Waals surface area contributed by atoms with Crippen LogP contribution in [0.15, 0.2) is 36.4 Å². The lowest BCUT2D eigenvalue weighted by molar-refractivity contribution is -0.127. The van der Waals surface area contributed by atoms with Crippen LogP contribution in [0.2, 0.25) is 0 Å². The molecule has 0 radical (unpaired) electrons. The summed E-state index contributed by atoms with van der Waals surface area (Å²) in [5.41, 5.74) is 3.06. The number of ether oxygens (including phenoxy) is 3. The Hall–Kier alpha value is -3.06. The van der Waals surface area contributed by atoms with Crippen LogP contribution in [-0.4, -0.2) is 44.3 Å². The molecule has 7 nitrogen and oxygen atoms in total. The Labute approximate surface area is 182 Å². The van der Waals surface area contributed by atoms with Crippen LogP contribution in [0.1, 0.15) is 42.6 Å². The quantitative estimate of drug-likeness (QED) is 0.732. The van der Waals surface area contributed by atoms with Crippen LogP contribution in [-0.2, 0) is 16.0 Å². The summed E-state index contributed by atoms with van der Waals surface area (Å²) in [6.45, 7) is 6.06. The average Bonchev–Trinajstić information content (AvgIpc) is 3.45. The van der Waals surface area contributed by atoms with Gasteiger partial charge in [-0.05, 0) is 69.0 Å². The molecular weight excluding hydrogens is 396 g/mol. The second-order valence-electron chi connectivity index (χ2n) is 7.57. The molecule has 1 unspecified atom stereocenters. The van der Waals surface area contributed by atoms with Gasteiger partial charge in [-0.25, -0.2) is 0 Å². The minimum absolute atomic E-state index is 0.00703. The highest BCUT2D eigenvalue weighted by Crippen LogP contribution is 2.33. The Morgan fingerprint density at radius 3 is 2.65 bits per heavy atom. The first kappa shape index (κ1) is 21.2. The van der Waals surface area contributed by atoms with Gasteiger partial charge in [-0.1, -0.05) is 6.07 Å². The second-order valence-corrected chi connectivity index (χ2v) is 7.57. The molecule has 164 valence electrons. The van der Waals surface area contributed by atoms with Crippen LogP contribution in [0, 0.1) is 0 Å². The Balaban J connectivity index is 1.51. The van der Waals surface area contributed by atoms with Gasteiger partial charge in [0.1, 0.15) is 6.10 Å². The van der Waals surface area contributed by atoms with E-state index in [1.807, 2.05) is 32.0 Å². The van der Waals surface area contributed by atoms with E-state index in [2.05, 4.69) is 5.32 Å². The summed E-state index contributed by atoms with van der Waals surface area (Å²) in [5, 5.41) is 2.93. The van der Waals surface area contributed by atoms with Gasteiger partial charge in [0.2, 0.25) is 0 Å². The highest BCUT2D eigenvalue weighted by molar-refractivity contribution is 6.05. The molecule has 2 heterocycles. The van der Waals surface area contributed by atoms with Crippen molar-refractivity contribution in [2.24, 2.45) is 0 Å². The fraction of sp³-hybridized carbons (Fsp3) is 0.417. The maximum Gasteiger partial charge on any atom is 0.256 e. The molecule has 0 saturated carbocycles. The number of fused-ring (bicyclic) bond motifs is 1. The zero-order chi connectivity index (χ0) is 21.8. The highest BCUT2D eigenvalue weighted by Gasteiger charge is 2.32. The summed E-state index contributed by atoms with van der Waals surface area (Å²) in [6.07, 6.45) is 2.13. The molecule has 1 atom stereocenters. The fourth-order valence-corrected chi connectivity index (χ4v) is 4.03. The molecule has 31 heavy (non-hydrogen) atoms. The summed E-state index contributed by atoms with van der Waals surface area (Å²) in [7, 11) is 0. The Bertz CT molecular complexity index is 968. The van der Waals surface area contributed by atoms with Gasteiger partial charge in [0.15, 0.2) is 11.5 Å². The lowest BCUT2D eigenvalue weighted by atomic mass is 10.1. The van der Waals surface area contributed by atoms with Crippen molar-refractivity contribution in [2.45, 2.75) is 39.2 Å². The lowest BCUT2D eigenvalue weighted by Crippen LogP contribution is -2.37. The molecule has 0 aromatic heterocycles.